The smallest absolute Gasteiger partial charge is 0.415 e. The maximum Gasteiger partial charge on any atom is 0.415 e. The van der Waals surface area contributed by atoms with E-state index in [1.165, 1.54) is 69.5 Å². The molecule has 484 valence electrons. The van der Waals surface area contributed by atoms with Gasteiger partial charge in [-0.15, -0.1) is 0 Å². The van der Waals surface area contributed by atoms with E-state index >= 15 is 0 Å². The van der Waals surface area contributed by atoms with E-state index in [0.717, 1.165) is 55.8 Å². The number of carbonyl (C=O) groups excluding carboxylic acids is 1. The molecule has 1 amide bonds. The van der Waals surface area contributed by atoms with Gasteiger partial charge >= 0.3 is 24.0 Å². The molecule has 92 heavy (non-hydrogen) atoms. The lowest BCUT2D eigenvalue weighted by Crippen LogP contribution is -2.39. The largest absolute Gasteiger partial charge is 0.480 e. The second-order valence-electron chi connectivity index (χ2n) is 23.7. The lowest BCUT2D eigenvalue weighted by Gasteiger charge is -2.31. The third-order valence-electron chi connectivity index (χ3n) is 17.9. The summed E-state index contributed by atoms with van der Waals surface area (Å²) in [5.74, 6) is -3.29. The first-order valence-corrected chi connectivity index (χ1v) is 33.2. The molecule has 0 saturated carbocycles. The summed E-state index contributed by atoms with van der Waals surface area (Å²) in [5.41, 5.74) is 9.39. The molecule has 4 aromatic heterocycles. The van der Waals surface area contributed by atoms with Gasteiger partial charge in [0.1, 0.15) is 42.8 Å². The number of rotatable bonds is 14. The van der Waals surface area contributed by atoms with Crippen molar-refractivity contribution >= 4 is 76.8 Å². The van der Waals surface area contributed by atoms with Crippen LogP contribution in [0.25, 0.3) is 32.7 Å². The lowest BCUT2D eigenvalue weighted by molar-refractivity contribution is -0.138. The average molecular weight is 1300 g/mol. The number of pyridine rings is 1. The maximum absolute atomic E-state index is 14.0. The molecular formula is C68H72F3N7O12S2. The van der Waals surface area contributed by atoms with Crippen LogP contribution in [0, 0.1) is 52.1 Å². The number of sulfonamides is 2. The number of amides is 1. The molecule has 0 aliphatic carbocycles. The van der Waals surface area contributed by atoms with Gasteiger partial charge in [-0.2, -0.15) is 8.61 Å². The molecule has 0 atom stereocenters. The van der Waals surface area contributed by atoms with E-state index in [9.17, 15) is 64.5 Å². The fourth-order valence-corrected chi connectivity index (χ4v) is 16.3. The predicted molar refractivity (Wildman–Crippen MR) is 340 cm³/mol. The first-order valence-electron chi connectivity index (χ1n) is 30.3. The van der Waals surface area contributed by atoms with Crippen molar-refractivity contribution in [2.24, 2.45) is 0 Å². The molecule has 5 aromatic carbocycles. The van der Waals surface area contributed by atoms with E-state index in [1.807, 2.05) is 46.8 Å². The summed E-state index contributed by atoms with van der Waals surface area (Å²) in [6, 6.07) is 30.4. The van der Waals surface area contributed by atoms with Gasteiger partial charge in [0, 0.05) is 101 Å². The number of carbonyl (C=O) groups is 4. The summed E-state index contributed by atoms with van der Waals surface area (Å²) in [7, 11) is -7.15. The minimum Gasteiger partial charge on any atom is -0.480 e. The number of aromatic nitrogens is 4. The van der Waals surface area contributed by atoms with E-state index in [-0.39, 0.29) is 70.7 Å². The summed E-state index contributed by atoms with van der Waals surface area (Å²) in [6.45, 7) is 11.3. The zero-order chi connectivity index (χ0) is 65.9. The third-order valence-corrected chi connectivity index (χ3v) is 21.8. The van der Waals surface area contributed by atoms with Gasteiger partial charge in [-0.3, -0.25) is 19.4 Å². The van der Waals surface area contributed by atoms with Crippen molar-refractivity contribution in [1.29, 1.82) is 0 Å². The quantitative estimate of drug-likeness (QED) is 0.0918. The van der Waals surface area contributed by atoms with Gasteiger partial charge in [0.15, 0.2) is 0 Å². The van der Waals surface area contributed by atoms with E-state index < -0.39 is 38.0 Å². The predicted octanol–water partition coefficient (Wildman–Crippen LogP) is 12.0. The van der Waals surface area contributed by atoms with E-state index in [4.69, 9.17) is 4.74 Å². The fourth-order valence-electron chi connectivity index (χ4n) is 13.4. The van der Waals surface area contributed by atoms with Gasteiger partial charge in [-0.05, 0) is 199 Å². The van der Waals surface area contributed by atoms with Crippen molar-refractivity contribution in [1.82, 2.24) is 32.2 Å². The molecular weight excluding hydrogens is 1230 g/mol. The number of aliphatic carboxylic acids is 3. The Balaban J connectivity index is 0.000000151. The normalized spacial score (nSPS) is 15.7. The first-order chi connectivity index (χ1) is 43.8. The van der Waals surface area contributed by atoms with Crippen molar-refractivity contribution in [3.63, 3.8) is 0 Å². The number of nitrogens with zero attached hydrogens (tertiary/aromatic N) is 7. The molecule has 19 nitrogen and oxygen atoms in total. The molecule has 24 heteroatoms. The van der Waals surface area contributed by atoms with Crippen molar-refractivity contribution in [3.8, 4) is 5.75 Å². The van der Waals surface area contributed by atoms with Crippen molar-refractivity contribution in [3.05, 3.63) is 190 Å². The van der Waals surface area contributed by atoms with Crippen molar-refractivity contribution in [2.75, 3.05) is 39.3 Å². The number of ether oxygens (including phenoxy) is 1. The van der Waals surface area contributed by atoms with Crippen molar-refractivity contribution < 1.29 is 69.2 Å². The zero-order valence-electron chi connectivity index (χ0n) is 51.6. The Morgan fingerprint density at radius 3 is 1.11 bits per heavy atom. The SMILES string of the molecule is Cc1c(C2CCN(S(=O)(=O)c3ccncc3)CC2)c2cc(F)ccc2n1CC(=O)O.Cc1ccc(OC(=O)N2CCC(c3c(C)n(CC(=O)O)c4ccc(F)cc34)CC2)cc1.Cc1ccc(S(=O)(=O)N2CCC(c3c(C)n(CC(=O)O)c4ccc(F)cc34)CC2)cc1. The molecule has 0 radical (unpaired) electrons. The number of likely N-dealkylation sites (tertiary alicyclic amines) is 1. The number of hydrogen-bond donors (Lipinski definition) is 3. The van der Waals surface area contributed by atoms with Crippen LogP contribution in [0.5, 0.6) is 5.75 Å². The van der Waals surface area contributed by atoms with Gasteiger partial charge in [0.25, 0.3) is 0 Å². The third kappa shape index (κ3) is 14.1. The monoisotopic (exact) mass is 1300 g/mol. The number of carboxylic acids is 3. The Morgan fingerprint density at radius 2 is 0.772 bits per heavy atom. The summed E-state index contributed by atoms with van der Waals surface area (Å²) < 4.78 is 107. The van der Waals surface area contributed by atoms with Crippen LogP contribution in [-0.4, -0.2) is 128 Å². The van der Waals surface area contributed by atoms with E-state index in [2.05, 4.69) is 4.98 Å². The maximum atomic E-state index is 14.0. The zero-order valence-corrected chi connectivity index (χ0v) is 53.2. The van der Waals surface area contributed by atoms with Crippen LogP contribution in [0.3, 0.4) is 0 Å². The standard InChI is InChI=1S/C24H25FN2O4.C23H25FN2O4S.C21H22FN3O4S/c1-15-3-6-19(7-4-15)31-24(30)26-11-9-17(10-12-26)23-16(2)27(14-22(28)29)21-8-5-18(25)13-20(21)23;1-15-3-6-19(7-4-15)31(29,30)25-11-9-17(10-12-25)23-16(2)26(14-22(27)28)21-8-5-18(24)13-20(21)23;1-14-21(18-12-16(22)2-3-19(18)25(14)13-20(26)27)15-6-10-24(11-7-15)30(28,29)17-4-8-23-9-5-17/h3-8,13,17H,9-12,14H2,1-2H3,(H,28,29);3-8,13,17H,9-12,14H2,1-2H3,(H,27,28);2-5,8-9,12,15H,6-7,10-11,13H2,1H3,(H,26,27). The molecule has 7 heterocycles. The molecule has 3 aliphatic rings. The topological polar surface area (TPSA) is 244 Å². The summed E-state index contributed by atoms with van der Waals surface area (Å²) in [4.78, 5) is 52.6. The molecule has 3 aliphatic heterocycles. The minimum atomic E-state index is -3.59. The van der Waals surface area contributed by atoms with E-state index in [1.54, 1.807) is 73.2 Å². The highest BCUT2D eigenvalue weighted by molar-refractivity contribution is 7.89. The van der Waals surface area contributed by atoms with Crippen LogP contribution >= 0.6 is 0 Å². The molecule has 3 N–H and O–H groups in total. The minimum absolute atomic E-state index is 0.0215. The van der Waals surface area contributed by atoms with E-state index in [0.29, 0.717) is 105 Å². The first kappa shape index (κ1) is 66.1. The Kier molecular flexibility index (Phi) is 19.8. The number of aryl methyl sites for hydroxylation is 2. The Bertz CT molecular complexity index is 4470. The van der Waals surface area contributed by atoms with Crippen LogP contribution < -0.4 is 4.74 Å². The van der Waals surface area contributed by atoms with Gasteiger partial charge in [0.2, 0.25) is 20.0 Å². The average Bonchev–Trinajstić information content (AvgIpc) is 1.61. The highest BCUT2D eigenvalue weighted by atomic mass is 32.2. The molecule has 9 aromatic rings. The molecule has 3 saturated heterocycles. The highest BCUT2D eigenvalue weighted by Gasteiger charge is 2.35. The Hall–Kier alpha value is -8.84. The summed E-state index contributed by atoms with van der Waals surface area (Å²) in [5, 5.41) is 30.1. The number of piperidine rings is 3. The fraction of sp³-hybridized carbons (Fsp3) is 0.338. The summed E-state index contributed by atoms with van der Waals surface area (Å²) in [6.07, 6.45) is 6.27. The molecule has 12 rings (SSSR count). The van der Waals surface area contributed by atoms with Crippen molar-refractivity contribution in [2.45, 2.75) is 120 Å². The van der Waals surface area contributed by atoms with Gasteiger partial charge in [-0.1, -0.05) is 35.4 Å². The molecule has 0 spiro atoms. The molecule has 0 unspecified atom stereocenters. The van der Waals surface area contributed by atoms with Gasteiger partial charge in [-0.25, -0.2) is 34.8 Å². The number of benzene rings is 5. The lowest BCUT2D eigenvalue weighted by atomic mass is 9.87. The number of fused-ring (bicyclic) bond motifs is 3. The summed E-state index contributed by atoms with van der Waals surface area (Å²) >= 11 is 0. The van der Waals surface area contributed by atoms with Crippen LogP contribution in [0.15, 0.2) is 137 Å². The van der Waals surface area contributed by atoms with Crippen LogP contribution in [0.1, 0.15) is 101 Å². The second kappa shape index (κ2) is 27.5. The molecule has 3 fully saturated rings. The van der Waals surface area contributed by atoms with Gasteiger partial charge in [0.05, 0.1) is 9.79 Å². The number of carboxylic acid groups (broad SMARTS) is 3. The van der Waals surface area contributed by atoms with Crippen LogP contribution in [0.2, 0.25) is 0 Å². The Morgan fingerprint density at radius 1 is 0.457 bits per heavy atom. The highest BCUT2D eigenvalue weighted by Crippen LogP contribution is 2.42. The van der Waals surface area contributed by atoms with Crippen LogP contribution in [-0.2, 0) is 54.1 Å². The second-order valence-corrected chi connectivity index (χ2v) is 27.6. The number of halogens is 3. The number of hydrogen-bond acceptors (Lipinski definition) is 10. The Labute approximate surface area is 531 Å². The molecule has 0 bridgehead atoms. The van der Waals surface area contributed by atoms with Gasteiger partial charge < -0.3 is 38.7 Å². The van der Waals surface area contributed by atoms with Crippen LogP contribution in [0.4, 0.5) is 18.0 Å².